The summed E-state index contributed by atoms with van der Waals surface area (Å²) in [5.74, 6) is 0. The van der Waals surface area contributed by atoms with Crippen LogP contribution in [0.15, 0.2) is 30.3 Å². The number of rotatable bonds is 3. The lowest BCUT2D eigenvalue weighted by Crippen LogP contribution is -2.43. The molecule has 0 amide bonds. The van der Waals surface area contributed by atoms with Crippen molar-refractivity contribution in [2.75, 3.05) is 13.6 Å². The zero-order valence-electron chi connectivity index (χ0n) is 10.3. The second kappa shape index (κ2) is 5.63. The molecule has 1 aromatic carbocycles. The highest BCUT2D eigenvalue weighted by Crippen LogP contribution is 2.25. The summed E-state index contributed by atoms with van der Waals surface area (Å²) >= 11 is 0. The average Bonchev–Trinajstić information content (AvgIpc) is 2.34. The lowest BCUT2D eigenvalue weighted by molar-refractivity contribution is 0.0280. The first kappa shape index (κ1) is 12.6. The van der Waals surface area contributed by atoms with E-state index in [2.05, 4.69) is 4.90 Å². The Morgan fingerprint density at radius 1 is 1.29 bits per heavy atom. The van der Waals surface area contributed by atoms with Gasteiger partial charge in [0.1, 0.15) is 0 Å². The summed E-state index contributed by atoms with van der Waals surface area (Å²) in [6, 6.07) is 10.2. The number of nitrogens with zero attached hydrogens (tertiary/aromatic N) is 1. The minimum Gasteiger partial charge on any atom is -0.392 e. The van der Waals surface area contributed by atoms with Crippen LogP contribution in [0.3, 0.4) is 0 Å². The molecule has 2 N–H and O–H groups in total. The standard InChI is InChI=1S/C14H21NO2/c1-15-10-13(16)8-7-12(15)9-14(17)11-5-3-2-4-6-11/h2-6,12-14,16-17H,7-10H2,1H3. The third-order valence-corrected chi connectivity index (χ3v) is 3.63. The molecule has 1 heterocycles. The minimum absolute atomic E-state index is 0.204. The molecule has 1 aliphatic heterocycles. The first-order chi connectivity index (χ1) is 8.16. The maximum atomic E-state index is 10.2. The van der Waals surface area contributed by atoms with Crippen molar-refractivity contribution in [1.82, 2.24) is 4.90 Å². The molecule has 1 saturated heterocycles. The van der Waals surface area contributed by atoms with Gasteiger partial charge in [0.2, 0.25) is 0 Å². The lowest BCUT2D eigenvalue weighted by Gasteiger charge is -2.36. The third kappa shape index (κ3) is 3.28. The van der Waals surface area contributed by atoms with E-state index in [4.69, 9.17) is 0 Å². The van der Waals surface area contributed by atoms with E-state index < -0.39 is 6.10 Å². The van der Waals surface area contributed by atoms with E-state index >= 15 is 0 Å². The smallest absolute Gasteiger partial charge is 0.0805 e. The molecule has 3 atom stereocenters. The van der Waals surface area contributed by atoms with Gasteiger partial charge >= 0.3 is 0 Å². The largest absolute Gasteiger partial charge is 0.392 e. The Bertz CT molecular complexity index is 341. The SMILES string of the molecule is CN1CC(O)CCC1CC(O)c1ccccc1. The van der Waals surface area contributed by atoms with Crippen LogP contribution in [0.2, 0.25) is 0 Å². The van der Waals surface area contributed by atoms with Crippen molar-refractivity contribution in [3.8, 4) is 0 Å². The molecule has 1 fully saturated rings. The maximum absolute atomic E-state index is 10.2. The molecule has 0 spiro atoms. The highest BCUT2D eigenvalue weighted by atomic mass is 16.3. The normalized spacial score (nSPS) is 27.9. The molecule has 3 unspecified atom stereocenters. The highest BCUT2D eigenvalue weighted by molar-refractivity contribution is 5.17. The minimum atomic E-state index is -0.404. The van der Waals surface area contributed by atoms with E-state index in [0.29, 0.717) is 12.6 Å². The number of piperidine rings is 1. The average molecular weight is 235 g/mol. The Kier molecular flexibility index (Phi) is 4.15. The van der Waals surface area contributed by atoms with Gasteiger partial charge in [-0.15, -0.1) is 0 Å². The third-order valence-electron chi connectivity index (χ3n) is 3.63. The van der Waals surface area contributed by atoms with Gasteiger partial charge in [-0.1, -0.05) is 30.3 Å². The fourth-order valence-electron chi connectivity index (χ4n) is 2.54. The summed E-state index contributed by atoms with van der Waals surface area (Å²) in [6.45, 7) is 0.714. The van der Waals surface area contributed by atoms with Crippen molar-refractivity contribution in [3.05, 3.63) is 35.9 Å². The van der Waals surface area contributed by atoms with Crippen LogP contribution in [0.4, 0.5) is 0 Å². The summed E-state index contributed by atoms with van der Waals surface area (Å²) in [5.41, 5.74) is 0.979. The second-order valence-corrected chi connectivity index (χ2v) is 4.99. The Morgan fingerprint density at radius 3 is 2.65 bits per heavy atom. The molecule has 0 saturated carbocycles. The van der Waals surface area contributed by atoms with Crippen molar-refractivity contribution in [2.45, 2.75) is 37.5 Å². The zero-order valence-corrected chi connectivity index (χ0v) is 10.3. The van der Waals surface area contributed by atoms with Gasteiger partial charge in [0.05, 0.1) is 12.2 Å². The number of aliphatic hydroxyl groups excluding tert-OH is 2. The molecular formula is C14H21NO2. The summed E-state index contributed by atoms with van der Waals surface area (Å²) in [4.78, 5) is 2.15. The van der Waals surface area contributed by atoms with Gasteiger partial charge < -0.3 is 15.1 Å². The summed E-state index contributed by atoms with van der Waals surface area (Å²) in [6.07, 6.45) is 1.94. The van der Waals surface area contributed by atoms with E-state index in [1.165, 1.54) is 0 Å². The maximum Gasteiger partial charge on any atom is 0.0805 e. The van der Waals surface area contributed by atoms with Gasteiger partial charge in [0, 0.05) is 12.6 Å². The van der Waals surface area contributed by atoms with Crippen LogP contribution in [0.1, 0.15) is 30.9 Å². The van der Waals surface area contributed by atoms with E-state index in [9.17, 15) is 10.2 Å². The predicted octanol–water partition coefficient (Wildman–Crippen LogP) is 1.57. The summed E-state index contributed by atoms with van der Waals surface area (Å²) in [5, 5.41) is 19.7. The van der Waals surface area contributed by atoms with Crippen LogP contribution in [0.25, 0.3) is 0 Å². The molecule has 0 aliphatic carbocycles. The Balaban J connectivity index is 1.93. The van der Waals surface area contributed by atoms with Gasteiger partial charge in [0.15, 0.2) is 0 Å². The van der Waals surface area contributed by atoms with Crippen LogP contribution in [0.5, 0.6) is 0 Å². The summed E-state index contributed by atoms with van der Waals surface area (Å²) < 4.78 is 0. The molecule has 1 aromatic rings. The first-order valence-electron chi connectivity index (χ1n) is 6.28. The monoisotopic (exact) mass is 235 g/mol. The fraction of sp³-hybridized carbons (Fsp3) is 0.571. The molecule has 17 heavy (non-hydrogen) atoms. The Labute approximate surface area is 103 Å². The molecular weight excluding hydrogens is 214 g/mol. The molecule has 0 radical (unpaired) electrons. The molecule has 94 valence electrons. The van der Waals surface area contributed by atoms with Gasteiger partial charge in [-0.2, -0.15) is 0 Å². The highest BCUT2D eigenvalue weighted by Gasteiger charge is 2.26. The van der Waals surface area contributed by atoms with Crippen molar-refractivity contribution < 1.29 is 10.2 Å². The Morgan fingerprint density at radius 2 is 2.00 bits per heavy atom. The fourth-order valence-corrected chi connectivity index (χ4v) is 2.54. The van der Waals surface area contributed by atoms with Gasteiger partial charge in [0.25, 0.3) is 0 Å². The van der Waals surface area contributed by atoms with Gasteiger partial charge in [-0.05, 0) is 31.9 Å². The van der Waals surface area contributed by atoms with Crippen LogP contribution < -0.4 is 0 Å². The number of hydrogen-bond acceptors (Lipinski definition) is 3. The van der Waals surface area contributed by atoms with Crippen molar-refractivity contribution in [2.24, 2.45) is 0 Å². The van der Waals surface area contributed by atoms with Gasteiger partial charge in [-0.25, -0.2) is 0 Å². The quantitative estimate of drug-likeness (QED) is 0.835. The van der Waals surface area contributed by atoms with Gasteiger partial charge in [-0.3, -0.25) is 0 Å². The van der Waals surface area contributed by atoms with Crippen molar-refractivity contribution in [3.63, 3.8) is 0 Å². The molecule has 3 heteroatoms. The topological polar surface area (TPSA) is 43.7 Å². The van der Waals surface area contributed by atoms with Crippen molar-refractivity contribution >= 4 is 0 Å². The van der Waals surface area contributed by atoms with E-state index in [1.807, 2.05) is 37.4 Å². The number of aliphatic hydroxyl groups is 2. The van der Waals surface area contributed by atoms with Crippen LogP contribution >= 0.6 is 0 Å². The van der Waals surface area contributed by atoms with Crippen LogP contribution in [-0.4, -0.2) is 40.9 Å². The number of likely N-dealkylation sites (N-methyl/N-ethyl adjacent to an activating group) is 1. The Hall–Kier alpha value is -0.900. The summed E-state index contributed by atoms with van der Waals surface area (Å²) in [7, 11) is 2.02. The molecule has 3 nitrogen and oxygen atoms in total. The van der Waals surface area contributed by atoms with E-state index in [-0.39, 0.29) is 6.10 Å². The number of hydrogen-bond donors (Lipinski definition) is 2. The molecule has 2 rings (SSSR count). The second-order valence-electron chi connectivity index (χ2n) is 4.99. The molecule has 0 bridgehead atoms. The number of benzene rings is 1. The lowest BCUT2D eigenvalue weighted by atomic mass is 9.93. The first-order valence-corrected chi connectivity index (χ1v) is 6.28. The zero-order chi connectivity index (χ0) is 12.3. The van der Waals surface area contributed by atoms with E-state index in [1.54, 1.807) is 0 Å². The van der Waals surface area contributed by atoms with Crippen LogP contribution in [0, 0.1) is 0 Å². The van der Waals surface area contributed by atoms with E-state index in [0.717, 1.165) is 24.8 Å². The van der Waals surface area contributed by atoms with Crippen molar-refractivity contribution in [1.29, 1.82) is 0 Å². The molecule has 0 aromatic heterocycles. The predicted molar refractivity (Wildman–Crippen MR) is 67.7 cm³/mol. The van der Waals surface area contributed by atoms with Crippen LogP contribution in [-0.2, 0) is 0 Å². The number of β-amino-alcohol motifs (C(OH)–C–C–N with tert-alkyl or cyclic N) is 1. The number of likely N-dealkylation sites (tertiary alicyclic amines) is 1. The molecule has 1 aliphatic rings.